The predicted octanol–water partition coefficient (Wildman–Crippen LogP) is 2.50. The molecule has 1 heterocycles. The van der Waals surface area contributed by atoms with Gasteiger partial charge in [0.15, 0.2) is 0 Å². The van der Waals surface area contributed by atoms with Gasteiger partial charge in [0.25, 0.3) is 0 Å². The van der Waals surface area contributed by atoms with Gasteiger partial charge in [-0.15, -0.1) is 0 Å². The van der Waals surface area contributed by atoms with E-state index in [4.69, 9.17) is 0 Å². The molecule has 0 saturated heterocycles. The molecule has 0 fully saturated rings. The van der Waals surface area contributed by atoms with E-state index in [2.05, 4.69) is 50.9 Å². The Labute approximate surface area is 83.0 Å². The molecule has 0 spiro atoms. The number of rotatable bonds is 0. The first-order valence-corrected chi connectivity index (χ1v) is 6.58. The zero-order valence-electron chi connectivity index (χ0n) is 5.17. The van der Waals surface area contributed by atoms with E-state index in [1.807, 2.05) is 0 Å². The molecule has 1 aromatic heterocycles. The second kappa shape index (κ2) is 2.84. The molecule has 0 amide bonds. The third kappa shape index (κ3) is 1.25. The van der Waals surface area contributed by atoms with Crippen molar-refractivity contribution in [2.45, 2.75) is 0 Å². The predicted molar refractivity (Wildman–Crippen MR) is 53.6 cm³/mol. The molecule has 0 bridgehead atoms. The second-order valence-electron chi connectivity index (χ2n) is 2.10. The van der Waals surface area contributed by atoms with Crippen LogP contribution in [0.2, 0.25) is 0 Å². The van der Waals surface area contributed by atoms with Gasteiger partial charge in [0, 0.05) is 0 Å². The Morgan fingerprint density at radius 3 is 3.00 bits per heavy atom. The molecule has 10 heavy (non-hydrogen) atoms. The average Bonchev–Trinajstić information content (AvgIpc) is 2.33. The van der Waals surface area contributed by atoms with Crippen LogP contribution in [0, 0.1) is 3.57 Å². The van der Waals surface area contributed by atoms with Crippen LogP contribution >= 0.6 is 22.6 Å². The van der Waals surface area contributed by atoms with Gasteiger partial charge < -0.3 is 0 Å². The van der Waals surface area contributed by atoms with Crippen molar-refractivity contribution >= 4 is 51.8 Å². The molecule has 0 saturated carbocycles. The fourth-order valence-corrected chi connectivity index (χ4v) is 3.65. The van der Waals surface area contributed by atoms with Gasteiger partial charge in [0.05, 0.1) is 0 Å². The zero-order valence-corrected chi connectivity index (χ0v) is 9.66. The van der Waals surface area contributed by atoms with Crippen molar-refractivity contribution in [3.63, 3.8) is 0 Å². The minimum atomic E-state index is 0.0637. The number of halogens is 1. The van der Waals surface area contributed by atoms with Crippen LogP contribution in [0.15, 0.2) is 28.3 Å². The molecule has 2 rings (SSSR count). The van der Waals surface area contributed by atoms with E-state index in [0.717, 1.165) is 0 Å². The maximum absolute atomic E-state index is 2.35. The first-order valence-electron chi connectivity index (χ1n) is 2.99. The Kier molecular flexibility index (Phi) is 2.03. The van der Waals surface area contributed by atoms with Crippen LogP contribution in [0.3, 0.4) is 0 Å². The number of hydrogen-bond acceptors (Lipinski definition) is 0. The molecular formula is C8H5ITe. The van der Waals surface area contributed by atoms with Gasteiger partial charge in [-0.2, -0.15) is 0 Å². The van der Waals surface area contributed by atoms with Gasteiger partial charge in [0.2, 0.25) is 0 Å². The Balaban J connectivity index is 2.86. The monoisotopic (exact) mass is 358 g/mol. The van der Waals surface area contributed by atoms with E-state index in [1.165, 1.54) is 8.96 Å². The molecule has 0 radical (unpaired) electrons. The summed E-state index contributed by atoms with van der Waals surface area (Å²) in [5.74, 6) is 0. The minimum absolute atomic E-state index is 0.0637. The van der Waals surface area contributed by atoms with Crippen LogP contribution < -0.4 is 0 Å². The fourth-order valence-electron chi connectivity index (χ4n) is 0.938. The Morgan fingerprint density at radius 1 is 1.20 bits per heavy atom. The second-order valence-corrected chi connectivity index (χ2v) is 6.05. The van der Waals surface area contributed by atoms with Gasteiger partial charge in [0.1, 0.15) is 0 Å². The molecule has 0 aliphatic heterocycles. The Morgan fingerprint density at radius 2 is 2.10 bits per heavy atom. The molecule has 2 heteroatoms. The van der Waals surface area contributed by atoms with Crippen LogP contribution in [-0.2, 0) is 0 Å². The molecule has 0 nitrogen and oxygen atoms in total. The Bertz CT molecular complexity index is 351. The van der Waals surface area contributed by atoms with Crippen molar-refractivity contribution < 1.29 is 0 Å². The molecule has 0 atom stereocenters. The maximum atomic E-state index is 2.35. The van der Waals surface area contributed by atoms with E-state index in [9.17, 15) is 0 Å². The van der Waals surface area contributed by atoms with Crippen molar-refractivity contribution in [3.05, 3.63) is 31.9 Å². The van der Waals surface area contributed by atoms with Crippen LogP contribution in [0.4, 0.5) is 0 Å². The van der Waals surface area contributed by atoms with Gasteiger partial charge in [-0.05, 0) is 0 Å². The van der Waals surface area contributed by atoms with E-state index >= 15 is 0 Å². The molecule has 0 N–H and O–H groups in total. The molecule has 0 aliphatic carbocycles. The summed E-state index contributed by atoms with van der Waals surface area (Å²) in [6.07, 6.45) is 0. The first kappa shape index (κ1) is 7.15. The molecule has 0 unspecified atom stereocenters. The van der Waals surface area contributed by atoms with Crippen molar-refractivity contribution in [2.24, 2.45) is 0 Å². The van der Waals surface area contributed by atoms with E-state index in [1.54, 1.807) is 3.40 Å². The molecule has 0 aliphatic rings. The van der Waals surface area contributed by atoms with Crippen LogP contribution in [0.1, 0.15) is 0 Å². The van der Waals surface area contributed by atoms with Crippen molar-refractivity contribution in [1.82, 2.24) is 0 Å². The summed E-state index contributed by atoms with van der Waals surface area (Å²) in [5.41, 5.74) is 0. The third-order valence-electron chi connectivity index (χ3n) is 1.41. The summed E-state index contributed by atoms with van der Waals surface area (Å²) < 4.78 is 5.27. The average molecular weight is 356 g/mol. The van der Waals surface area contributed by atoms with Crippen LogP contribution in [0.25, 0.3) is 8.79 Å². The van der Waals surface area contributed by atoms with E-state index in [0.29, 0.717) is 0 Å². The SMILES string of the molecule is Ic1ccc2[te]ccc2c1. The quantitative estimate of drug-likeness (QED) is 0.503. The fraction of sp³-hybridized carbons (Fsp3) is 0. The van der Waals surface area contributed by atoms with E-state index in [-0.39, 0.29) is 20.4 Å². The first-order chi connectivity index (χ1) is 4.86. The summed E-state index contributed by atoms with van der Waals surface area (Å²) >= 11 is 2.42. The van der Waals surface area contributed by atoms with Gasteiger partial charge in [-0.3, -0.25) is 0 Å². The standard InChI is InChI=1S/C8H5ITe/c9-7-1-2-8-6(5-7)3-4-10-8/h1-5H. The summed E-state index contributed by atoms with van der Waals surface area (Å²) in [7, 11) is 0. The third-order valence-corrected chi connectivity index (χ3v) is 4.65. The molecule has 50 valence electrons. The topological polar surface area (TPSA) is 0 Å². The van der Waals surface area contributed by atoms with Gasteiger partial charge >= 0.3 is 83.7 Å². The van der Waals surface area contributed by atoms with Crippen molar-refractivity contribution in [2.75, 3.05) is 0 Å². The zero-order chi connectivity index (χ0) is 6.97. The van der Waals surface area contributed by atoms with Crippen molar-refractivity contribution in [3.8, 4) is 0 Å². The molecule has 1 aromatic carbocycles. The summed E-state index contributed by atoms with van der Waals surface area (Å²) in [6, 6.07) is 8.96. The number of hydrogen-bond donors (Lipinski definition) is 0. The normalized spacial score (nSPS) is 10.5. The number of fused-ring (bicyclic) bond motifs is 1. The van der Waals surface area contributed by atoms with Crippen LogP contribution in [-0.4, -0.2) is 20.4 Å². The van der Waals surface area contributed by atoms with E-state index < -0.39 is 0 Å². The molecular weight excluding hydrogens is 351 g/mol. The summed E-state index contributed by atoms with van der Waals surface area (Å²) in [6.45, 7) is 0. The summed E-state index contributed by atoms with van der Waals surface area (Å²) in [5, 5.41) is 1.45. The molecule has 2 aromatic rings. The number of benzene rings is 1. The van der Waals surface area contributed by atoms with Gasteiger partial charge in [-0.1, -0.05) is 0 Å². The Hall–Kier alpha value is 0.480. The van der Waals surface area contributed by atoms with Crippen molar-refractivity contribution in [1.29, 1.82) is 0 Å². The van der Waals surface area contributed by atoms with Crippen LogP contribution in [0.5, 0.6) is 0 Å². The van der Waals surface area contributed by atoms with Gasteiger partial charge in [-0.25, -0.2) is 0 Å². The summed E-state index contributed by atoms with van der Waals surface area (Å²) in [4.78, 5) is 0.